The maximum atomic E-state index is 12.8. The molecule has 0 saturated heterocycles. The summed E-state index contributed by atoms with van der Waals surface area (Å²) in [6.45, 7) is 0. The van der Waals surface area contributed by atoms with Crippen molar-refractivity contribution in [2.24, 2.45) is 0 Å². The Bertz CT molecular complexity index is 713. The molecule has 3 heteroatoms. The third-order valence-electron chi connectivity index (χ3n) is 3.97. The lowest BCUT2D eigenvalue weighted by Crippen LogP contribution is -2.15. The number of carbonyl (C=O) groups is 1. The van der Waals surface area contributed by atoms with Gasteiger partial charge in [-0.05, 0) is 48.2 Å². The lowest BCUT2D eigenvalue weighted by molar-refractivity contribution is 0.102. The third-order valence-corrected chi connectivity index (χ3v) is 3.97. The van der Waals surface area contributed by atoms with Gasteiger partial charge in [0.1, 0.15) is 11.5 Å². The molecule has 0 aromatic heterocycles. The fourth-order valence-electron chi connectivity index (χ4n) is 2.80. The Morgan fingerprint density at radius 3 is 2.41 bits per heavy atom. The number of ether oxygens (including phenoxy) is 2. The molecule has 0 radical (unpaired) electrons. The largest absolute Gasteiger partial charge is 0.497 e. The van der Waals surface area contributed by atoms with Crippen LogP contribution in [0.1, 0.15) is 27.9 Å². The van der Waals surface area contributed by atoms with E-state index in [0.717, 1.165) is 35.3 Å². The van der Waals surface area contributed by atoms with E-state index in [1.165, 1.54) is 0 Å². The Balaban J connectivity index is 1.96. The summed E-state index contributed by atoms with van der Waals surface area (Å²) in [4.78, 5) is 12.8. The number of ketones is 1. The summed E-state index contributed by atoms with van der Waals surface area (Å²) in [5.41, 5.74) is 3.59. The smallest absolute Gasteiger partial charge is 0.193 e. The standard InChI is InChI=1S/C19H18O3/c1-21-16-10-6-13(7-11-16)12-15-9-8-14-4-3-5-17(22-2)18(14)19(15)20/h3-7,10-12H,8-9H2,1-2H3/b15-12+. The second-order valence-electron chi connectivity index (χ2n) is 5.27. The number of hydrogen-bond acceptors (Lipinski definition) is 3. The zero-order valence-electron chi connectivity index (χ0n) is 12.8. The van der Waals surface area contributed by atoms with E-state index in [9.17, 15) is 4.79 Å². The van der Waals surface area contributed by atoms with E-state index in [1.807, 2.05) is 48.5 Å². The lowest BCUT2D eigenvalue weighted by atomic mass is 9.85. The molecule has 0 fully saturated rings. The van der Waals surface area contributed by atoms with Gasteiger partial charge in [0.05, 0.1) is 19.8 Å². The lowest BCUT2D eigenvalue weighted by Gasteiger charge is -2.19. The average Bonchev–Trinajstić information content (AvgIpc) is 2.57. The Kier molecular flexibility index (Phi) is 3.96. The van der Waals surface area contributed by atoms with Gasteiger partial charge in [0.2, 0.25) is 0 Å². The van der Waals surface area contributed by atoms with Crippen LogP contribution in [-0.4, -0.2) is 20.0 Å². The van der Waals surface area contributed by atoms with Gasteiger partial charge in [-0.3, -0.25) is 4.79 Å². The van der Waals surface area contributed by atoms with Gasteiger partial charge in [-0.1, -0.05) is 24.3 Å². The molecule has 0 heterocycles. The highest BCUT2D eigenvalue weighted by molar-refractivity contribution is 6.14. The predicted molar refractivity (Wildman–Crippen MR) is 86.6 cm³/mol. The first-order valence-electron chi connectivity index (χ1n) is 7.28. The fourth-order valence-corrected chi connectivity index (χ4v) is 2.80. The number of allylic oxidation sites excluding steroid dienone is 1. The quantitative estimate of drug-likeness (QED) is 0.805. The van der Waals surface area contributed by atoms with Gasteiger partial charge in [0.25, 0.3) is 0 Å². The molecule has 22 heavy (non-hydrogen) atoms. The summed E-state index contributed by atoms with van der Waals surface area (Å²) in [7, 11) is 3.24. The first-order chi connectivity index (χ1) is 10.7. The number of hydrogen-bond donors (Lipinski definition) is 0. The zero-order chi connectivity index (χ0) is 15.5. The van der Waals surface area contributed by atoms with Gasteiger partial charge in [0.15, 0.2) is 5.78 Å². The van der Waals surface area contributed by atoms with Crippen LogP contribution < -0.4 is 9.47 Å². The normalized spacial score (nSPS) is 15.5. The Morgan fingerprint density at radius 2 is 1.73 bits per heavy atom. The van der Waals surface area contributed by atoms with Crippen molar-refractivity contribution in [3.05, 3.63) is 64.7 Å². The molecule has 0 bridgehead atoms. The molecule has 2 aromatic rings. The van der Waals surface area contributed by atoms with Gasteiger partial charge < -0.3 is 9.47 Å². The number of aryl methyl sites for hydroxylation is 1. The second kappa shape index (κ2) is 6.06. The van der Waals surface area contributed by atoms with E-state index < -0.39 is 0 Å². The van der Waals surface area contributed by atoms with Crippen molar-refractivity contribution in [3.8, 4) is 11.5 Å². The molecule has 0 amide bonds. The number of methoxy groups -OCH3 is 2. The topological polar surface area (TPSA) is 35.5 Å². The van der Waals surface area contributed by atoms with Crippen LogP contribution in [0.3, 0.4) is 0 Å². The van der Waals surface area contributed by atoms with E-state index >= 15 is 0 Å². The van der Waals surface area contributed by atoms with Crippen molar-refractivity contribution in [2.45, 2.75) is 12.8 Å². The minimum Gasteiger partial charge on any atom is -0.497 e. The first-order valence-corrected chi connectivity index (χ1v) is 7.28. The van der Waals surface area contributed by atoms with Crippen molar-refractivity contribution in [3.63, 3.8) is 0 Å². The summed E-state index contributed by atoms with van der Waals surface area (Å²) in [5.74, 6) is 1.53. The average molecular weight is 294 g/mol. The maximum Gasteiger partial charge on any atom is 0.193 e. The van der Waals surface area contributed by atoms with Crippen molar-refractivity contribution in [1.82, 2.24) is 0 Å². The molecular formula is C19H18O3. The summed E-state index contributed by atoms with van der Waals surface area (Å²) < 4.78 is 10.5. The SMILES string of the molecule is COc1ccc(/C=C2\CCc3cccc(OC)c3C2=O)cc1. The predicted octanol–water partition coefficient (Wildman–Crippen LogP) is 3.92. The third kappa shape index (κ3) is 2.62. The molecule has 2 aromatic carbocycles. The van der Waals surface area contributed by atoms with E-state index in [-0.39, 0.29) is 5.78 Å². The molecule has 0 atom stereocenters. The van der Waals surface area contributed by atoms with Crippen LogP contribution >= 0.6 is 0 Å². The van der Waals surface area contributed by atoms with Gasteiger partial charge >= 0.3 is 0 Å². The Morgan fingerprint density at radius 1 is 0.955 bits per heavy atom. The van der Waals surface area contributed by atoms with Crippen LogP contribution in [0.5, 0.6) is 11.5 Å². The van der Waals surface area contributed by atoms with Gasteiger partial charge in [-0.2, -0.15) is 0 Å². The van der Waals surface area contributed by atoms with Crippen LogP contribution in [0.25, 0.3) is 6.08 Å². The molecule has 3 rings (SSSR count). The second-order valence-corrected chi connectivity index (χ2v) is 5.27. The number of benzene rings is 2. The first kappa shape index (κ1) is 14.4. The molecule has 0 unspecified atom stereocenters. The summed E-state index contributed by atoms with van der Waals surface area (Å²) >= 11 is 0. The Labute approximate surface area is 130 Å². The van der Waals surface area contributed by atoms with Crippen molar-refractivity contribution < 1.29 is 14.3 Å². The molecule has 0 aliphatic heterocycles. The van der Waals surface area contributed by atoms with E-state index in [1.54, 1.807) is 14.2 Å². The molecule has 0 saturated carbocycles. The summed E-state index contributed by atoms with van der Waals surface area (Å²) in [6.07, 6.45) is 3.57. The number of rotatable bonds is 3. The number of carbonyl (C=O) groups excluding carboxylic acids is 1. The van der Waals surface area contributed by atoms with Crippen LogP contribution in [0.15, 0.2) is 48.0 Å². The highest BCUT2D eigenvalue weighted by Gasteiger charge is 2.25. The monoisotopic (exact) mass is 294 g/mol. The van der Waals surface area contributed by atoms with Crippen LogP contribution in [0.2, 0.25) is 0 Å². The maximum absolute atomic E-state index is 12.8. The van der Waals surface area contributed by atoms with Crippen molar-refractivity contribution >= 4 is 11.9 Å². The summed E-state index contributed by atoms with van der Waals surface area (Å²) in [5, 5.41) is 0. The highest BCUT2D eigenvalue weighted by Crippen LogP contribution is 2.32. The summed E-state index contributed by atoms with van der Waals surface area (Å²) in [6, 6.07) is 13.5. The van der Waals surface area contributed by atoms with Crippen LogP contribution in [-0.2, 0) is 6.42 Å². The molecular weight excluding hydrogens is 276 g/mol. The number of Topliss-reactive ketones (excluding diaryl/α,β-unsaturated/α-hetero) is 1. The molecule has 0 spiro atoms. The molecule has 1 aliphatic carbocycles. The Hall–Kier alpha value is -2.55. The van der Waals surface area contributed by atoms with E-state index in [2.05, 4.69) is 0 Å². The molecule has 1 aliphatic rings. The van der Waals surface area contributed by atoms with Gasteiger partial charge in [-0.15, -0.1) is 0 Å². The van der Waals surface area contributed by atoms with E-state index in [0.29, 0.717) is 11.3 Å². The van der Waals surface area contributed by atoms with Crippen LogP contribution in [0.4, 0.5) is 0 Å². The van der Waals surface area contributed by atoms with Crippen molar-refractivity contribution in [1.29, 1.82) is 0 Å². The zero-order valence-corrected chi connectivity index (χ0v) is 12.8. The minimum atomic E-state index is 0.0644. The fraction of sp³-hybridized carbons (Fsp3) is 0.211. The van der Waals surface area contributed by atoms with E-state index in [4.69, 9.17) is 9.47 Å². The van der Waals surface area contributed by atoms with Gasteiger partial charge in [0, 0.05) is 5.57 Å². The van der Waals surface area contributed by atoms with Crippen molar-refractivity contribution in [2.75, 3.05) is 14.2 Å². The highest BCUT2D eigenvalue weighted by atomic mass is 16.5. The molecule has 3 nitrogen and oxygen atoms in total. The van der Waals surface area contributed by atoms with Crippen LogP contribution in [0, 0.1) is 0 Å². The minimum absolute atomic E-state index is 0.0644. The van der Waals surface area contributed by atoms with Gasteiger partial charge in [-0.25, -0.2) is 0 Å². The molecule has 112 valence electrons. The molecule has 0 N–H and O–H groups in total. The number of fused-ring (bicyclic) bond motifs is 1.